The van der Waals surface area contributed by atoms with Gasteiger partial charge < -0.3 is 0 Å². The van der Waals surface area contributed by atoms with Crippen molar-refractivity contribution in [2.75, 3.05) is 0 Å². The summed E-state index contributed by atoms with van der Waals surface area (Å²) in [5.41, 5.74) is 0. The number of unbranched alkanes of at least 4 members (excludes halogenated alkanes) is 2. The molecule has 0 spiro atoms. The van der Waals surface area contributed by atoms with Crippen molar-refractivity contribution in [3.8, 4) is 0 Å². The third kappa shape index (κ3) is 4.56. The van der Waals surface area contributed by atoms with Crippen LogP contribution in [0.15, 0.2) is 48.5 Å². The van der Waals surface area contributed by atoms with E-state index in [4.69, 9.17) is 0 Å². The summed E-state index contributed by atoms with van der Waals surface area (Å²) >= 11 is -2.90. The fourth-order valence-corrected chi connectivity index (χ4v) is 18.4. The molecule has 0 unspecified atom stereocenters. The Morgan fingerprint density at radius 3 is 1.30 bits per heavy atom. The molecule has 2 aromatic rings. The van der Waals surface area contributed by atoms with Gasteiger partial charge in [-0.05, 0) is 0 Å². The Morgan fingerprint density at radius 2 is 1.00 bits per heavy atom. The first-order valence-corrected chi connectivity index (χ1v) is 15.5. The molecule has 0 aliphatic carbocycles. The molecule has 0 fully saturated rings. The maximum absolute atomic E-state index is 13.4. The van der Waals surface area contributed by atoms with E-state index in [1.54, 1.807) is 24.3 Å². The van der Waals surface area contributed by atoms with Gasteiger partial charge in [-0.2, -0.15) is 0 Å². The van der Waals surface area contributed by atoms with Crippen molar-refractivity contribution in [2.45, 2.75) is 48.4 Å². The summed E-state index contributed by atoms with van der Waals surface area (Å²) in [6.07, 6.45) is 4.70. The second-order valence-corrected chi connectivity index (χ2v) is 18.6. The molecule has 3 heteroatoms. The monoisotopic (exact) mass is 424 g/mol. The Balaban J connectivity index is 2.52. The van der Waals surface area contributed by atoms with E-state index in [-0.39, 0.29) is 11.6 Å². The van der Waals surface area contributed by atoms with Crippen LogP contribution in [0.4, 0.5) is 8.78 Å². The van der Waals surface area contributed by atoms with Gasteiger partial charge in [-0.25, -0.2) is 0 Å². The average Bonchev–Trinajstić information content (AvgIpc) is 2.57. The van der Waals surface area contributed by atoms with Gasteiger partial charge in [-0.15, -0.1) is 0 Å². The molecule has 0 saturated carbocycles. The van der Waals surface area contributed by atoms with E-state index in [2.05, 4.69) is 13.8 Å². The summed E-state index contributed by atoms with van der Waals surface area (Å²) in [5, 5.41) is 0. The van der Waals surface area contributed by atoms with Gasteiger partial charge in [-0.1, -0.05) is 0 Å². The van der Waals surface area contributed by atoms with Gasteiger partial charge in [0.1, 0.15) is 0 Å². The number of benzene rings is 2. The van der Waals surface area contributed by atoms with Crippen molar-refractivity contribution < 1.29 is 8.78 Å². The van der Waals surface area contributed by atoms with Crippen molar-refractivity contribution in [1.82, 2.24) is 0 Å². The minimum absolute atomic E-state index is 0.181. The summed E-state index contributed by atoms with van der Waals surface area (Å²) in [4.78, 5) is 0. The van der Waals surface area contributed by atoms with Gasteiger partial charge in [0.15, 0.2) is 0 Å². The van der Waals surface area contributed by atoms with Crippen LogP contribution in [0.3, 0.4) is 0 Å². The molecular formula is C20H26F2Sn. The number of hydrogen-bond donors (Lipinski definition) is 0. The van der Waals surface area contributed by atoms with E-state index in [9.17, 15) is 8.78 Å². The molecule has 2 aromatic carbocycles. The molecule has 0 saturated heterocycles. The van der Waals surface area contributed by atoms with Gasteiger partial charge in [0.2, 0.25) is 0 Å². The molecule has 0 N–H and O–H groups in total. The topological polar surface area (TPSA) is 0 Å². The van der Waals surface area contributed by atoms with Gasteiger partial charge in [0.05, 0.1) is 0 Å². The molecule has 0 amide bonds. The Hall–Kier alpha value is -0.901. The normalized spacial score (nSPS) is 11.7. The fourth-order valence-electron chi connectivity index (χ4n) is 3.36. The van der Waals surface area contributed by atoms with Gasteiger partial charge >= 0.3 is 143 Å². The predicted octanol–water partition coefficient (Wildman–Crippen LogP) is 5.13. The number of rotatable bonds is 8. The van der Waals surface area contributed by atoms with E-state index in [0.717, 1.165) is 12.8 Å². The summed E-state index contributed by atoms with van der Waals surface area (Å²) in [5.74, 6) is -0.363. The molecule has 2 rings (SSSR count). The Morgan fingerprint density at radius 1 is 0.652 bits per heavy atom. The SMILES string of the molecule is CCC[CH2][Sn]([CH2]CCC)([c]1ccc(F)cc1)[c]1ccc(F)cc1. The molecule has 23 heavy (non-hydrogen) atoms. The van der Waals surface area contributed by atoms with E-state index < -0.39 is 18.4 Å². The summed E-state index contributed by atoms with van der Waals surface area (Å²) < 4.78 is 31.9. The number of hydrogen-bond acceptors (Lipinski definition) is 0. The zero-order valence-electron chi connectivity index (χ0n) is 14.1. The standard InChI is InChI=1S/2C6H4F.2C4H9.Sn/c2*7-6-4-2-1-3-5-6;2*1-3-4-2;/h2*2-5H;2*1,3-4H2,2H3;. The molecule has 0 radical (unpaired) electrons. The Bertz CT molecular complexity index is 535. The fraction of sp³-hybridized carbons (Fsp3) is 0.400. The predicted molar refractivity (Wildman–Crippen MR) is 97.3 cm³/mol. The zero-order valence-corrected chi connectivity index (χ0v) is 17.0. The van der Waals surface area contributed by atoms with Crippen molar-refractivity contribution >= 4 is 25.5 Å². The molecule has 0 aliphatic heterocycles. The third-order valence-corrected chi connectivity index (χ3v) is 19.8. The van der Waals surface area contributed by atoms with Gasteiger partial charge in [0, 0.05) is 0 Å². The van der Waals surface area contributed by atoms with Crippen LogP contribution in [0, 0.1) is 11.6 Å². The van der Waals surface area contributed by atoms with Crippen molar-refractivity contribution in [1.29, 1.82) is 0 Å². The molecule has 0 aliphatic rings. The molecule has 0 nitrogen and oxygen atoms in total. The average molecular weight is 423 g/mol. The first-order chi connectivity index (χ1) is 11.1. The van der Waals surface area contributed by atoms with Crippen molar-refractivity contribution in [2.24, 2.45) is 0 Å². The Labute approximate surface area is 142 Å². The molecule has 0 bridgehead atoms. The third-order valence-electron chi connectivity index (χ3n) is 4.71. The van der Waals surface area contributed by atoms with Crippen LogP contribution in [-0.2, 0) is 0 Å². The van der Waals surface area contributed by atoms with Crippen LogP contribution >= 0.6 is 0 Å². The number of halogens is 2. The van der Waals surface area contributed by atoms with Crippen LogP contribution in [-0.4, -0.2) is 18.4 Å². The Kier molecular flexibility index (Phi) is 7.06. The van der Waals surface area contributed by atoms with Crippen LogP contribution < -0.4 is 7.16 Å². The van der Waals surface area contributed by atoms with E-state index in [1.807, 2.05) is 24.3 Å². The van der Waals surface area contributed by atoms with Crippen molar-refractivity contribution in [3.63, 3.8) is 0 Å². The van der Waals surface area contributed by atoms with Crippen LogP contribution in [0.1, 0.15) is 39.5 Å². The molecule has 0 aromatic heterocycles. The van der Waals surface area contributed by atoms with E-state index >= 15 is 0 Å². The molecule has 0 atom stereocenters. The first kappa shape index (κ1) is 18.4. The summed E-state index contributed by atoms with van der Waals surface area (Å²) in [7, 11) is 0. The first-order valence-electron chi connectivity index (χ1n) is 8.64. The van der Waals surface area contributed by atoms with Gasteiger partial charge in [0.25, 0.3) is 0 Å². The van der Waals surface area contributed by atoms with Gasteiger partial charge in [-0.3, -0.25) is 0 Å². The van der Waals surface area contributed by atoms with Crippen LogP contribution in [0.2, 0.25) is 8.87 Å². The molecule has 124 valence electrons. The molecule has 0 heterocycles. The molecular weight excluding hydrogens is 397 g/mol. The van der Waals surface area contributed by atoms with Crippen LogP contribution in [0.5, 0.6) is 0 Å². The minimum atomic E-state index is -2.90. The zero-order chi connectivity index (χ0) is 16.7. The van der Waals surface area contributed by atoms with E-state index in [1.165, 1.54) is 28.9 Å². The van der Waals surface area contributed by atoms with Crippen molar-refractivity contribution in [3.05, 3.63) is 60.2 Å². The summed E-state index contributed by atoms with van der Waals surface area (Å²) in [6.45, 7) is 4.43. The second kappa shape index (κ2) is 8.81. The maximum atomic E-state index is 13.4. The second-order valence-electron chi connectivity index (χ2n) is 6.30. The quantitative estimate of drug-likeness (QED) is 0.517. The van der Waals surface area contributed by atoms with Crippen LogP contribution in [0.25, 0.3) is 0 Å². The summed E-state index contributed by atoms with van der Waals surface area (Å²) in [6, 6.07) is 14.3. The van der Waals surface area contributed by atoms with E-state index in [0.29, 0.717) is 0 Å².